The summed E-state index contributed by atoms with van der Waals surface area (Å²) < 4.78 is 0. The largest absolute Gasteiger partial charge is 0.192 e. The summed E-state index contributed by atoms with van der Waals surface area (Å²) in [6, 6.07) is 12.3. The highest BCUT2D eigenvalue weighted by molar-refractivity contribution is 7.12. The number of rotatable bonds is 2. The highest BCUT2D eigenvalue weighted by atomic mass is 32.1. The molecule has 1 aromatic heterocycles. The fourth-order valence-corrected chi connectivity index (χ4v) is 4.32. The Kier molecular flexibility index (Phi) is 5.06. The number of thiophene rings is 1. The average Bonchev–Trinajstić information content (AvgIpc) is 2.82. The van der Waals surface area contributed by atoms with Gasteiger partial charge in [0, 0.05) is 9.75 Å². The van der Waals surface area contributed by atoms with E-state index in [1.807, 2.05) is 41.7 Å². The van der Waals surface area contributed by atoms with Gasteiger partial charge in [-0.25, -0.2) is 0 Å². The van der Waals surface area contributed by atoms with E-state index in [4.69, 9.17) is 0 Å². The molecule has 2 aromatic rings. The molecule has 126 valence electrons. The van der Waals surface area contributed by atoms with E-state index in [0.717, 1.165) is 11.1 Å². The lowest BCUT2D eigenvalue weighted by atomic mass is 9.86. The van der Waals surface area contributed by atoms with E-state index in [2.05, 4.69) is 60.6 Å². The van der Waals surface area contributed by atoms with Crippen LogP contribution in [0.2, 0.25) is 0 Å². The van der Waals surface area contributed by atoms with Crippen molar-refractivity contribution in [1.82, 2.24) is 0 Å². The van der Waals surface area contributed by atoms with Crippen LogP contribution in [0.25, 0.3) is 11.6 Å². The molecule has 0 aliphatic carbocycles. The number of hydrogen-bond donors (Lipinski definition) is 0. The predicted molar refractivity (Wildman–Crippen MR) is 106 cm³/mol. The van der Waals surface area contributed by atoms with Crippen molar-refractivity contribution in [3.05, 3.63) is 56.8 Å². The standard InChI is InChI=1S/C22H27NS/c1-15-18(13-17(14-23)16-11-9-8-10-12-16)20(22(5,6)7)24-19(15)21(2,3)4/h8-13H,1-7H3/b17-13+. The Morgan fingerprint density at radius 1 is 0.958 bits per heavy atom. The van der Waals surface area contributed by atoms with Gasteiger partial charge in [0.1, 0.15) is 0 Å². The highest BCUT2D eigenvalue weighted by Gasteiger charge is 2.28. The van der Waals surface area contributed by atoms with Crippen molar-refractivity contribution in [2.45, 2.75) is 59.3 Å². The van der Waals surface area contributed by atoms with Crippen molar-refractivity contribution < 1.29 is 0 Å². The van der Waals surface area contributed by atoms with E-state index < -0.39 is 0 Å². The van der Waals surface area contributed by atoms with Gasteiger partial charge in [-0.1, -0.05) is 71.9 Å². The molecule has 0 aliphatic heterocycles. The van der Waals surface area contributed by atoms with E-state index in [9.17, 15) is 5.26 Å². The number of nitriles is 1. The molecule has 1 aromatic carbocycles. The zero-order valence-corrected chi connectivity index (χ0v) is 16.6. The minimum atomic E-state index is 0.0576. The van der Waals surface area contributed by atoms with Crippen LogP contribution < -0.4 is 0 Å². The summed E-state index contributed by atoms with van der Waals surface area (Å²) in [5.74, 6) is 0. The molecule has 0 saturated heterocycles. The smallest absolute Gasteiger partial charge is 0.0998 e. The van der Waals surface area contributed by atoms with Gasteiger partial charge in [-0.2, -0.15) is 5.26 Å². The van der Waals surface area contributed by atoms with Gasteiger partial charge in [-0.3, -0.25) is 0 Å². The third kappa shape index (κ3) is 3.79. The van der Waals surface area contributed by atoms with Gasteiger partial charge in [0.25, 0.3) is 0 Å². The Balaban J connectivity index is 2.71. The molecule has 1 heterocycles. The first-order valence-corrected chi connectivity index (χ1v) is 9.19. The maximum absolute atomic E-state index is 9.68. The van der Waals surface area contributed by atoms with E-state index in [0.29, 0.717) is 0 Å². The summed E-state index contributed by atoms with van der Waals surface area (Å²) >= 11 is 1.89. The molecule has 0 fully saturated rings. The van der Waals surface area contributed by atoms with E-state index in [1.165, 1.54) is 20.9 Å². The minimum Gasteiger partial charge on any atom is -0.192 e. The van der Waals surface area contributed by atoms with Crippen LogP contribution in [-0.4, -0.2) is 0 Å². The lowest BCUT2D eigenvalue weighted by molar-refractivity contribution is 0.600. The third-order valence-corrected chi connectivity index (χ3v) is 6.21. The van der Waals surface area contributed by atoms with Crippen molar-refractivity contribution >= 4 is 23.0 Å². The maximum Gasteiger partial charge on any atom is 0.0998 e. The first kappa shape index (κ1) is 18.5. The number of hydrogen-bond acceptors (Lipinski definition) is 2. The van der Waals surface area contributed by atoms with E-state index in [-0.39, 0.29) is 10.8 Å². The number of nitrogens with zero attached hydrogens (tertiary/aromatic N) is 1. The molecule has 1 nitrogen and oxygen atoms in total. The molecule has 0 spiro atoms. The minimum absolute atomic E-state index is 0.0576. The van der Waals surface area contributed by atoms with E-state index >= 15 is 0 Å². The molecule has 2 heteroatoms. The molecule has 2 rings (SSSR count). The maximum atomic E-state index is 9.68. The Bertz CT molecular complexity index is 787. The molecule has 0 bridgehead atoms. The summed E-state index contributed by atoms with van der Waals surface area (Å²) in [6.45, 7) is 15.7. The lowest BCUT2D eigenvalue weighted by Crippen LogP contribution is -2.10. The zero-order chi connectivity index (χ0) is 18.1. The van der Waals surface area contributed by atoms with Gasteiger partial charge in [0.15, 0.2) is 0 Å². The van der Waals surface area contributed by atoms with Gasteiger partial charge in [-0.15, -0.1) is 11.3 Å². The summed E-state index contributed by atoms with van der Waals surface area (Å²) in [5, 5.41) is 9.68. The number of benzene rings is 1. The Morgan fingerprint density at radius 2 is 1.50 bits per heavy atom. The second-order valence-electron chi connectivity index (χ2n) is 8.33. The average molecular weight is 338 g/mol. The van der Waals surface area contributed by atoms with Gasteiger partial charge in [-0.05, 0) is 40.5 Å². The molecule has 0 unspecified atom stereocenters. The van der Waals surface area contributed by atoms with Crippen LogP contribution in [0.1, 0.15) is 68.0 Å². The third-order valence-electron chi connectivity index (χ3n) is 4.05. The molecule has 0 aliphatic rings. The topological polar surface area (TPSA) is 23.8 Å². The van der Waals surface area contributed by atoms with Crippen molar-refractivity contribution in [3.63, 3.8) is 0 Å². The van der Waals surface area contributed by atoms with Crippen LogP contribution in [0.4, 0.5) is 0 Å². The SMILES string of the molecule is Cc1c(C(C)(C)C)sc(C(C)(C)C)c1/C=C(\C#N)c1ccccc1. The normalized spacial score (nSPS) is 13.0. The Morgan fingerprint density at radius 3 is 1.96 bits per heavy atom. The van der Waals surface area contributed by atoms with Crippen molar-refractivity contribution in [3.8, 4) is 6.07 Å². The second-order valence-corrected chi connectivity index (χ2v) is 9.36. The molecule has 0 amide bonds. The highest BCUT2D eigenvalue weighted by Crippen LogP contribution is 2.43. The zero-order valence-electron chi connectivity index (χ0n) is 15.8. The first-order chi connectivity index (χ1) is 11.1. The molecular weight excluding hydrogens is 310 g/mol. The molecule has 0 atom stereocenters. The van der Waals surface area contributed by atoms with Crippen LogP contribution in [0.3, 0.4) is 0 Å². The van der Waals surface area contributed by atoms with Gasteiger partial charge >= 0.3 is 0 Å². The number of allylic oxidation sites excluding steroid dienone is 1. The van der Waals surface area contributed by atoms with Crippen LogP contribution in [0, 0.1) is 18.3 Å². The summed E-state index contributed by atoms with van der Waals surface area (Å²) in [4.78, 5) is 2.76. The first-order valence-electron chi connectivity index (χ1n) is 8.37. The fraction of sp³-hybridized carbons (Fsp3) is 0.409. The monoisotopic (exact) mass is 337 g/mol. The molecule has 0 N–H and O–H groups in total. The fourth-order valence-electron chi connectivity index (χ4n) is 2.91. The van der Waals surface area contributed by atoms with Crippen LogP contribution in [0.15, 0.2) is 30.3 Å². The molecule has 0 saturated carbocycles. The Hall–Kier alpha value is -1.85. The van der Waals surface area contributed by atoms with Gasteiger partial charge in [0.2, 0.25) is 0 Å². The molecule has 0 radical (unpaired) electrons. The second kappa shape index (κ2) is 6.57. The summed E-state index contributed by atoms with van der Waals surface area (Å²) in [7, 11) is 0. The van der Waals surface area contributed by atoms with Gasteiger partial charge < -0.3 is 0 Å². The van der Waals surface area contributed by atoms with Crippen LogP contribution in [-0.2, 0) is 10.8 Å². The van der Waals surface area contributed by atoms with E-state index in [1.54, 1.807) is 0 Å². The van der Waals surface area contributed by atoms with Crippen molar-refractivity contribution in [2.24, 2.45) is 0 Å². The van der Waals surface area contributed by atoms with Crippen molar-refractivity contribution in [1.29, 1.82) is 5.26 Å². The quantitative estimate of drug-likeness (QED) is 0.558. The van der Waals surface area contributed by atoms with Gasteiger partial charge in [0.05, 0.1) is 11.6 Å². The van der Waals surface area contributed by atoms with Crippen LogP contribution in [0.5, 0.6) is 0 Å². The van der Waals surface area contributed by atoms with Crippen molar-refractivity contribution in [2.75, 3.05) is 0 Å². The molecule has 24 heavy (non-hydrogen) atoms. The van der Waals surface area contributed by atoms with Crippen LogP contribution >= 0.6 is 11.3 Å². The summed E-state index contributed by atoms with van der Waals surface area (Å²) in [6.07, 6.45) is 2.08. The Labute approximate surface area is 150 Å². The predicted octanol–water partition coefficient (Wildman–Crippen LogP) is 6.72. The lowest BCUT2D eigenvalue weighted by Gasteiger charge is -2.19. The molecular formula is C22H27NS. The summed E-state index contributed by atoms with van der Waals surface area (Å²) in [5.41, 5.74) is 4.40.